The van der Waals surface area contributed by atoms with Crippen LogP contribution in [-0.2, 0) is 19.6 Å². The number of aromatic nitrogens is 1. The number of benzene rings is 3. The topological polar surface area (TPSA) is 129 Å². The minimum atomic E-state index is -6.25. The summed E-state index contributed by atoms with van der Waals surface area (Å²) in [4.78, 5) is 29.9. The molecule has 0 bridgehead atoms. The van der Waals surface area contributed by atoms with Gasteiger partial charge in [-0.3, -0.25) is 14.7 Å². The number of ether oxygens (including phenoxy) is 1. The summed E-state index contributed by atoms with van der Waals surface area (Å²) < 4.78 is 98.8. The molecule has 2 N–H and O–H groups in total. The second-order valence-corrected chi connectivity index (χ2v) is 11.3. The Morgan fingerprint density at radius 1 is 0.867 bits per heavy atom. The van der Waals surface area contributed by atoms with Crippen molar-refractivity contribution in [2.75, 3.05) is 18.1 Å². The first kappa shape index (κ1) is 31.4. The number of anilines is 1. The summed E-state index contributed by atoms with van der Waals surface area (Å²) in [5.74, 6) is -6.18. The summed E-state index contributed by atoms with van der Waals surface area (Å²) >= 11 is 0. The molecular weight excluding hydrogens is 625 g/mol. The van der Waals surface area contributed by atoms with E-state index in [1.807, 2.05) is 48.5 Å². The van der Waals surface area contributed by atoms with Gasteiger partial charge in [0.1, 0.15) is 6.61 Å². The molecule has 1 heterocycles. The molecule has 234 valence electrons. The number of nitrogens with zero attached hydrogens (tertiary/aromatic N) is 2. The number of nitrogens with two attached hydrogens (primary N) is 1. The van der Waals surface area contributed by atoms with Gasteiger partial charge in [-0.2, -0.15) is 26.0 Å². The highest BCUT2D eigenvalue weighted by molar-refractivity contribution is 7.88. The molecule has 0 atom stereocenters. The van der Waals surface area contributed by atoms with E-state index in [1.54, 1.807) is 0 Å². The van der Waals surface area contributed by atoms with Gasteiger partial charge >= 0.3 is 21.7 Å². The molecule has 1 aromatic heterocycles. The van der Waals surface area contributed by atoms with Crippen LogP contribution in [0.15, 0.2) is 79.0 Å². The lowest BCUT2D eigenvalue weighted by molar-refractivity contribution is -0.117. The standard InChI is InChI=1S/C30H22F5N3O6S/c31-27-22(10-12-25(28(27)32)44-45(41,42)30(33,34)35)24-11-9-17(15-37-24)38(14-13-26(36)39)29(40)43-16-23-20-7-3-1-5-18(20)19-6-2-4-8-21(19)23/h1-12,15,23H,13-14,16H2,(H2,36,39). The van der Waals surface area contributed by atoms with Gasteiger partial charge < -0.3 is 14.7 Å². The zero-order valence-electron chi connectivity index (χ0n) is 22.9. The van der Waals surface area contributed by atoms with Crippen LogP contribution < -0.4 is 14.8 Å². The molecule has 0 radical (unpaired) electrons. The van der Waals surface area contributed by atoms with E-state index in [-0.39, 0.29) is 36.9 Å². The number of halogens is 5. The first-order valence-electron chi connectivity index (χ1n) is 13.1. The second kappa shape index (κ2) is 12.1. The molecule has 0 unspecified atom stereocenters. The van der Waals surface area contributed by atoms with Crippen LogP contribution in [0.4, 0.5) is 32.4 Å². The number of primary amides is 1. The first-order chi connectivity index (χ1) is 21.3. The Balaban J connectivity index is 1.36. The SMILES string of the molecule is NC(=O)CCN(C(=O)OCC1c2ccccc2-c2ccccc21)c1ccc(-c2ccc(OS(=O)(=O)C(F)(F)F)c(F)c2F)nc1. The predicted octanol–water partition coefficient (Wildman–Crippen LogP) is 5.89. The minimum absolute atomic E-state index is 0.0333. The van der Waals surface area contributed by atoms with E-state index in [0.717, 1.165) is 39.4 Å². The van der Waals surface area contributed by atoms with Crippen LogP contribution in [0.3, 0.4) is 0 Å². The van der Waals surface area contributed by atoms with E-state index in [9.17, 15) is 40.0 Å². The number of hydrogen-bond donors (Lipinski definition) is 1. The van der Waals surface area contributed by atoms with E-state index >= 15 is 0 Å². The van der Waals surface area contributed by atoms with Crippen LogP contribution in [0.2, 0.25) is 0 Å². The molecule has 9 nitrogen and oxygen atoms in total. The summed E-state index contributed by atoms with van der Waals surface area (Å²) in [5.41, 5.74) is 2.75. The van der Waals surface area contributed by atoms with Crippen molar-refractivity contribution < 1.29 is 48.9 Å². The summed E-state index contributed by atoms with van der Waals surface area (Å²) in [6, 6.07) is 19.2. The second-order valence-electron chi connectivity index (χ2n) is 9.80. The Kier molecular flexibility index (Phi) is 8.47. The van der Waals surface area contributed by atoms with Crippen molar-refractivity contribution in [3.63, 3.8) is 0 Å². The number of hydrogen-bond acceptors (Lipinski definition) is 7. The number of alkyl halides is 3. The van der Waals surface area contributed by atoms with Crippen LogP contribution in [0.1, 0.15) is 23.5 Å². The third kappa shape index (κ3) is 6.29. The number of fused-ring (bicyclic) bond motifs is 3. The minimum Gasteiger partial charge on any atom is -0.448 e. The third-order valence-electron chi connectivity index (χ3n) is 7.00. The van der Waals surface area contributed by atoms with E-state index in [1.165, 1.54) is 12.1 Å². The maximum Gasteiger partial charge on any atom is 0.534 e. The highest BCUT2D eigenvalue weighted by Gasteiger charge is 2.49. The van der Waals surface area contributed by atoms with E-state index in [4.69, 9.17) is 10.5 Å². The van der Waals surface area contributed by atoms with E-state index in [0.29, 0.717) is 6.07 Å². The highest BCUT2D eigenvalue weighted by atomic mass is 32.2. The Morgan fingerprint density at radius 2 is 1.49 bits per heavy atom. The van der Waals surface area contributed by atoms with Crippen molar-refractivity contribution in [3.05, 3.63) is 102 Å². The smallest absolute Gasteiger partial charge is 0.448 e. The zero-order valence-corrected chi connectivity index (χ0v) is 23.7. The number of pyridine rings is 1. The van der Waals surface area contributed by atoms with E-state index < -0.39 is 50.6 Å². The van der Waals surface area contributed by atoms with Crippen molar-refractivity contribution in [2.24, 2.45) is 5.73 Å². The molecule has 1 aliphatic rings. The van der Waals surface area contributed by atoms with Gasteiger partial charge in [0.25, 0.3) is 0 Å². The fraction of sp³-hybridized carbons (Fsp3) is 0.167. The van der Waals surface area contributed by atoms with Gasteiger partial charge in [-0.1, -0.05) is 48.5 Å². The number of carbonyl (C=O) groups excluding carboxylic acids is 2. The lowest BCUT2D eigenvalue weighted by Crippen LogP contribution is -2.35. The molecule has 3 aromatic carbocycles. The molecule has 0 saturated heterocycles. The lowest BCUT2D eigenvalue weighted by Gasteiger charge is -2.23. The summed E-state index contributed by atoms with van der Waals surface area (Å²) in [5, 5.41) is 0. The molecule has 5 rings (SSSR count). The van der Waals surface area contributed by atoms with Gasteiger partial charge in [0.15, 0.2) is 11.6 Å². The Labute approximate surface area is 253 Å². The van der Waals surface area contributed by atoms with Gasteiger partial charge in [-0.05, 0) is 46.5 Å². The predicted molar refractivity (Wildman–Crippen MR) is 151 cm³/mol. The molecule has 15 heteroatoms. The van der Waals surface area contributed by atoms with Gasteiger partial charge in [0.05, 0.1) is 17.6 Å². The van der Waals surface area contributed by atoms with Crippen molar-refractivity contribution in [2.45, 2.75) is 17.8 Å². The van der Waals surface area contributed by atoms with Crippen molar-refractivity contribution >= 4 is 27.8 Å². The molecule has 0 aliphatic heterocycles. The first-order valence-corrected chi connectivity index (χ1v) is 14.6. The maximum atomic E-state index is 14.8. The van der Waals surface area contributed by atoms with Gasteiger partial charge in [-0.25, -0.2) is 9.18 Å². The number of rotatable bonds is 9. The van der Waals surface area contributed by atoms with Crippen molar-refractivity contribution in [3.8, 4) is 28.1 Å². The Hall–Kier alpha value is -5.05. The van der Waals surface area contributed by atoms with Crippen LogP contribution in [0, 0.1) is 11.6 Å². The lowest BCUT2D eigenvalue weighted by atomic mass is 9.98. The summed E-state index contributed by atoms with van der Waals surface area (Å²) in [7, 11) is -6.25. The largest absolute Gasteiger partial charge is 0.534 e. The summed E-state index contributed by atoms with van der Waals surface area (Å²) in [6.45, 7) is -0.232. The number of carbonyl (C=O) groups is 2. The fourth-order valence-electron chi connectivity index (χ4n) is 4.88. The summed E-state index contributed by atoms with van der Waals surface area (Å²) in [6.07, 6.45) is 0.0269. The molecule has 1 aliphatic carbocycles. The highest BCUT2D eigenvalue weighted by Crippen LogP contribution is 2.44. The molecule has 0 fully saturated rings. The number of amides is 2. The average Bonchev–Trinajstić information content (AvgIpc) is 3.32. The third-order valence-corrected chi connectivity index (χ3v) is 7.97. The van der Waals surface area contributed by atoms with E-state index in [2.05, 4.69) is 9.17 Å². The van der Waals surface area contributed by atoms with Crippen molar-refractivity contribution in [1.29, 1.82) is 0 Å². The molecular formula is C30H22F5N3O6S. The van der Waals surface area contributed by atoms with Gasteiger partial charge in [0, 0.05) is 24.4 Å². The molecule has 4 aromatic rings. The maximum absolute atomic E-state index is 14.8. The van der Waals surface area contributed by atoms with Crippen molar-refractivity contribution in [1.82, 2.24) is 4.98 Å². The average molecular weight is 648 g/mol. The normalized spacial score (nSPS) is 12.7. The van der Waals surface area contributed by atoms with Gasteiger partial charge in [0.2, 0.25) is 11.7 Å². The Bertz CT molecular complexity index is 1840. The molecule has 2 amide bonds. The zero-order chi connectivity index (χ0) is 32.5. The van der Waals surface area contributed by atoms with Crippen LogP contribution in [0.25, 0.3) is 22.4 Å². The molecule has 0 spiro atoms. The molecule has 0 saturated carbocycles. The molecule has 45 heavy (non-hydrogen) atoms. The quantitative estimate of drug-likeness (QED) is 0.136. The fourth-order valence-corrected chi connectivity index (χ4v) is 5.34. The van der Waals surface area contributed by atoms with Crippen LogP contribution in [0.5, 0.6) is 5.75 Å². The van der Waals surface area contributed by atoms with Gasteiger partial charge in [-0.15, -0.1) is 0 Å². The van der Waals surface area contributed by atoms with Crippen LogP contribution >= 0.6 is 0 Å². The van der Waals surface area contributed by atoms with Crippen LogP contribution in [-0.4, -0.2) is 44.1 Å². The monoisotopic (exact) mass is 647 g/mol. The Morgan fingerprint density at radius 3 is 2.04 bits per heavy atom.